The van der Waals surface area contributed by atoms with E-state index >= 15 is 0 Å². The average Bonchev–Trinajstić information content (AvgIpc) is 2.80. The first-order valence-electron chi connectivity index (χ1n) is 9.72. The normalized spacial score (nSPS) is 13.8. The number of hydrogen-bond acceptors (Lipinski definition) is 4. The second-order valence-electron chi connectivity index (χ2n) is 6.88. The van der Waals surface area contributed by atoms with Crippen LogP contribution in [0.1, 0.15) is 10.4 Å². The van der Waals surface area contributed by atoms with Crippen LogP contribution in [0.25, 0.3) is 11.1 Å². The molecule has 1 aliphatic heterocycles. The van der Waals surface area contributed by atoms with E-state index in [-0.39, 0.29) is 5.91 Å². The summed E-state index contributed by atoms with van der Waals surface area (Å²) in [5.41, 5.74) is 4.53. The predicted molar refractivity (Wildman–Crippen MR) is 116 cm³/mol. The van der Waals surface area contributed by atoms with Crippen molar-refractivity contribution < 1.29 is 14.3 Å². The fraction of sp³-hybridized carbons (Fsp3) is 0.208. The van der Waals surface area contributed by atoms with Crippen LogP contribution in [-0.2, 0) is 4.74 Å². The molecule has 29 heavy (non-hydrogen) atoms. The molecular weight excluding hydrogens is 364 g/mol. The lowest BCUT2D eigenvalue weighted by Crippen LogP contribution is -2.36. The molecule has 1 saturated heterocycles. The van der Waals surface area contributed by atoms with Crippen molar-refractivity contribution in [2.45, 2.75) is 0 Å². The number of hydrogen-bond donors (Lipinski definition) is 1. The standard InChI is InChI=1S/C24H24N2O3/c1-28-21-11-12-23(26-13-15-29-16-14-26)22(17-21)25-24(27)20-9-7-19(8-10-20)18-5-3-2-4-6-18/h2-12,17H,13-16H2,1H3,(H,25,27). The average molecular weight is 388 g/mol. The molecule has 3 aromatic rings. The van der Waals surface area contributed by atoms with Crippen LogP contribution in [0.4, 0.5) is 11.4 Å². The van der Waals surface area contributed by atoms with Crippen molar-refractivity contribution in [3.05, 3.63) is 78.4 Å². The Kier molecular flexibility index (Phi) is 5.77. The number of methoxy groups -OCH3 is 1. The third kappa shape index (κ3) is 4.41. The Morgan fingerprint density at radius 1 is 0.931 bits per heavy atom. The molecule has 0 spiro atoms. The van der Waals surface area contributed by atoms with Gasteiger partial charge in [-0.2, -0.15) is 0 Å². The van der Waals surface area contributed by atoms with Gasteiger partial charge in [-0.1, -0.05) is 42.5 Å². The lowest BCUT2D eigenvalue weighted by atomic mass is 10.0. The van der Waals surface area contributed by atoms with Gasteiger partial charge in [0.15, 0.2) is 0 Å². The number of morpholine rings is 1. The minimum Gasteiger partial charge on any atom is -0.497 e. The van der Waals surface area contributed by atoms with E-state index in [1.807, 2.05) is 60.7 Å². The highest BCUT2D eigenvalue weighted by Gasteiger charge is 2.17. The van der Waals surface area contributed by atoms with Crippen LogP contribution >= 0.6 is 0 Å². The van der Waals surface area contributed by atoms with E-state index in [0.717, 1.165) is 35.6 Å². The third-order valence-electron chi connectivity index (χ3n) is 5.06. The maximum Gasteiger partial charge on any atom is 0.255 e. The van der Waals surface area contributed by atoms with E-state index in [0.29, 0.717) is 24.5 Å². The molecule has 0 aliphatic carbocycles. The summed E-state index contributed by atoms with van der Waals surface area (Å²) in [6, 6.07) is 23.5. The van der Waals surface area contributed by atoms with Gasteiger partial charge in [0, 0.05) is 24.7 Å². The number of nitrogens with zero attached hydrogens (tertiary/aromatic N) is 1. The highest BCUT2D eigenvalue weighted by atomic mass is 16.5. The van der Waals surface area contributed by atoms with E-state index in [2.05, 4.69) is 22.3 Å². The zero-order valence-electron chi connectivity index (χ0n) is 16.4. The molecule has 0 saturated carbocycles. The first-order valence-corrected chi connectivity index (χ1v) is 9.72. The highest BCUT2D eigenvalue weighted by molar-refractivity contribution is 6.06. The van der Waals surface area contributed by atoms with Crippen LogP contribution in [0.5, 0.6) is 5.75 Å². The quantitative estimate of drug-likeness (QED) is 0.702. The van der Waals surface area contributed by atoms with E-state index in [9.17, 15) is 4.79 Å². The van der Waals surface area contributed by atoms with Crippen LogP contribution in [-0.4, -0.2) is 39.3 Å². The summed E-state index contributed by atoms with van der Waals surface area (Å²) >= 11 is 0. The van der Waals surface area contributed by atoms with Gasteiger partial charge in [-0.3, -0.25) is 4.79 Å². The third-order valence-corrected chi connectivity index (χ3v) is 5.06. The fourth-order valence-electron chi connectivity index (χ4n) is 3.46. The largest absolute Gasteiger partial charge is 0.497 e. The smallest absolute Gasteiger partial charge is 0.255 e. The van der Waals surface area contributed by atoms with Crippen LogP contribution in [0.3, 0.4) is 0 Å². The van der Waals surface area contributed by atoms with Crippen LogP contribution in [0.15, 0.2) is 72.8 Å². The molecule has 0 radical (unpaired) electrons. The predicted octanol–water partition coefficient (Wildman–Crippen LogP) is 4.45. The lowest BCUT2D eigenvalue weighted by Gasteiger charge is -2.30. The van der Waals surface area contributed by atoms with E-state index in [1.165, 1.54) is 0 Å². The summed E-state index contributed by atoms with van der Waals surface area (Å²) in [5.74, 6) is 0.559. The van der Waals surface area contributed by atoms with Gasteiger partial charge < -0.3 is 19.7 Å². The molecule has 0 aromatic heterocycles. The Morgan fingerprint density at radius 2 is 1.62 bits per heavy atom. The number of anilines is 2. The van der Waals surface area contributed by atoms with E-state index in [1.54, 1.807) is 7.11 Å². The fourth-order valence-corrected chi connectivity index (χ4v) is 3.46. The molecule has 1 amide bonds. The van der Waals surface area contributed by atoms with Crippen molar-refractivity contribution in [1.29, 1.82) is 0 Å². The van der Waals surface area contributed by atoms with Crippen LogP contribution in [0, 0.1) is 0 Å². The summed E-state index contributed by atoms with van der Waals surface area (Å²) in [7, 11) is 1.62. The minimum absolute atomic E-state index is 0.146. The van der Waals surface area contributed by atoms with Crippen LogP contribution < -0.4 is 15.0 Å². The lowest BCUT2D eigenvalue weighted by molar-refractivity contribution is 0.102. The van der Waals surface area contributed by atoms with Crippen LogP contribution in [0.2, 0.25) is 0 Å². The Labute approximate surface area is 170 Å². The first-order chi connectivity index (χ1) is 14.2. The summed E-state index contributed by atoms with van der Waals surface area (Å²) in [4.78, 5) is 15.1. The highest BCUT2D eigenvalue weighted by Crippen LogP contribution is 2.31. The van der Waals surface area contributed by atoms with Crippen molar-refractivity contribution in [3.63, 3.8) is 0 Å². The number of rotatable bonds is 5. The Morgan fingerprint density at radius 3 is 2.31 bits per heavy atom. The van der Waals surface area contributed by atoms with Gasteiger partial charge in [-0.25, -0.2) is 0 Å². The maximum atomic E-state index is 12.9. The number of carbonyl (C=O) groups is 1. The van der Waals surface area contributed by atoms with Gasteiger partial charge in [-0.05, 0) is 35.4 Å². The molecular formula is C24H24N2O3. The molecule has 1 fully saturated rings. The van der Waals surface area contributed by atoms with Gasteiger partial charge in [0.05, 0.1) is 31.7 Å². The maximum absolute atomic E-state index is 12.9. The Hall–Kier alpha value is -3.31. The van der Waals surface area contributed by atoms with Crippen molar-refractivity contribution in [2.24, 2.45) is 0 Å². The number of amides is 1. The van der Waals surface area contributed by atoms with Gasteiger partial charge in [0.25, 0.3) is 5.91 Å². The van der Waals surface area contributed by atoms with Crippen molar-refractivity contribution in [1.82, 2.24) is 0 Å². The van der Waals surface area contributed by atoms with Crippen molar-refractivity contribution in [2.75, 3.05) is 43.6 Å². The molecule has 0 bridgehead atoms. The molecule has 0 unspecified atom stereocenters. The molecule has 5 nitrogen and oxygen atoms in total. The van der Waals surface area contributed by atoms with Gasteiger partial charge >= 0.3 is 0 Å². The van der Waals surface area contributed by atoms with Gasteiger partial charge in [0.2, 0.25) is 0 Å². The molecule has 0 atom stereocenters. The number of nitrogens with one attached hydrogen (secondary N) is 1. The number of benzene rings is 3. The molecule has 148 valence electrons. The number of ether oxygens (including phenoxy) is 2. The van der Waals surface area contributed by atoms with Gasteiger partial charge in [-0.15, -0.1) is 0 Å². The summed E-state index contributed by atoms with van der Waals surface area (Å²) in [6.45, 7) is 2.95. The van der Waals surface area contributed by atoms with E-state index in [4.69, 9.17) is 9.47 Å². The summed E-state index contributed by atoms with van der Waals surface area (Å²) in [5, 5.41) is 3.06. The van der Waals surface area contributed by atoms with Crippen molar-refractivity contribution in [3.8, 4) is 16.9 Å². The SMILES string of the molecule is COc1ccc(N2CCOCC2)c(NC(=O)c2ccc(-c3ccccc3)cc2)c1. The Bertz CT molecular complexity index is 965. The molecule has 4 rings (SSSR count). The zero-order valence-corrected chi connectivity index (χ0v) is 16.4. The van der Waals surface area contributed by atoms with Crippen molar-refractivity contribution >= 4 is 17.3 Å². The molecule has 1 N–H and O–H groups in total. The summed E-state index contributed by atoms with van der Waals surface area (Å²) in [6.07, 6.45) is 0. The molecule has 5 heteroatoms. The Balaban J connectivity index is 1.55. The minimum atomic E-state index is -0.146. The number of carbonyl (C=O) groups excluding carboxylic acids is 1. The summed E-state index contributed by atoms with van der Waals surface area (Å²) < 4.78 is 10.8. The molecule has 1 aliphatic rings. The topological polar surface area (TPSA) is 50.8 Å². The monoisotopic (exact) mass is 388 g/mol. The van der Waals surface area contributed by atoms with E-state index < -0.39 is 0 Å². The second kappa shape index (κ2) is 8.80. The first kappa shape index (κ1) is 19.0. The zero-order chi connectivity index (χ0) is 20.1. The van der Waals surface area contributed by atoms with Gasteiger partial charge in [0.1, 0.15) is 5.75 Å². The molecule has 3 aromatic carbocycles. The molecule has 1 heterocycles. The second-order valence-corrected chi connectivity index (χ2v) is 6.88.